The number of rotatable bonds is 5. The number of nitrogens with one attached hydrogen (secondary N) is 2. The first-order valence-electron chi connectivity index (χ1n) is 9.89. The molecule has 3 atom stereocenters. The molecule has 1 aromatic carbocycles. The molecule has 3 fully saturated rings. The molecule has 6 heteroatoms. The molecular formula is C21H31FIN3O. The zero-order chi connectivity index (χ0) is 18.4. The Hall–Kier alpha value is -0.890. The summed E-state index contributed by atoms with van der Waals surface area (Å²) in [6.45, 7) is 8.91. The van der Waals surface area contributed by atoms with E-state index in [0.717, 1.165) is 43.9 Å². The van der Waals surface area contributed by atoms with Gasteiger partial charge in [-0.1, -0.05) is 32.0 Å². The number of guanidine groups is 1. The van der Waals surface area contributed by atoms with Crippen molar-refractivity contribution in [1.29, 1.82) is 0 Å². The predicted octanol–water partition coefficient (Wildman–Crippen LogP) is 3.84. The average Bonchev–Trinajstić information content (AvgIpc) is 3.26. The van der Waals surface area contributed by atoms with Gasteiger partial charge in [0.25, 0.3) is 0 Å². The fourth-order valence-electron chi connectivity index (χ4n) is 4.87. The van der Waals surface area contributed by atoms with Crippen molar-refractivity contribution in [3.05, 3.63) is 35.6 Å². The van der Waals surface area contributed by atoms with E-state index in [-0.39, 0.29) is 40.6 Å². The fraction of sp³-hybridized carbons (Fsp3) is 0.667. The Labute approximate surface area is 178 Å². The lowest BCUT2D eigenvalue weighted by molar-refractivity contribution is -0.106. The summed E-state index contributed by atoms with van der Waals surface area (Å²) in [4.78, 5) is 4.85. The summed E-state index contributed by atoms with van der Waals surface area (Å²) in [5.74, 6) is 1.30. The highest BCUT2D eigenvalue weighted by Crippen LogP contribution is 2.52. The van der Waals surface area contributed by atoms with E-state index in [0.29, 0.717) is 24.6 Å². The molecule has 0 aromatic heterocycles. The van der Waals surface area contributed by atoms with E-state index < -0.39 is 0 Å². The third-order valence-corrected chi connectivity index (χ3v) is 6.58. The van der Waals surface area contributed by atoms with Crippen LogP contribution in [0.4, 0.5) is 4.39 Å². The van der Waals surface area contributed by atoms with Gasteiger partial charge in [-0.3, -0.25) is 4.99 Å². The topological polar surface area (TPSA) is 45.7 Å². The first-order chi connectivity index (χ1) is 12.5. The van der Waals surface area contributed by atoms with Crippen molar-refractivity contribution < 1.29 is 9.13 Å². The third-order valence-electron chi connectivity index (χ3n) is 6.58. The molecule has 27 heavy (non-hydrogen) atoms. The van der Waals surface area contributed by atoms with Crippen LogP contribution in [0.2, 0.25) is 0 Å². The minimum Gasteiger partial charge on any atom is -0.377 e. The van der Waals surface area contributed by atoms with Crippen LogP contribution in [-0.4, -0.2) is 37.8 Å². The number of hydrogen-bond donors (Lipinski definition) is 2. The monoisotopic (exact) mass is 487 g/mol. The molecule has 2 N–H and O–H groups in total. The lowest BCUT2D eigenvalue weighted by atomic mass is 9.57. The maximum absolute atomic E-state index is 14.2. The second-order valence-corrected chi connectivity index (χ2v) is 8.64. The molecule has 3 unspecified atom stereocenters. The zero-order valence-corrected chi connectivity index (χ0v) is 18.8. The van der Waals surface area contributed by atoms with Crippen LogP contribution in [0, 0.1) is 17.2 Å². The van der Waals surface area contributed by atoms with Gasteiger partial charge in [-0.25, -0.2) is 4.39 Å². The van der Waals surface area contributed by atoms with E-state index in [1.165, 1.54) is 0 Å². The van der Waals surface area contributed by atoms with Crippen LogP contribution in [0.25, 0.3) is 0 Å². The van der Waals surface area contributed by atoms with Crippen LogP contribution in [-0.2, 0) is 10.2 Å². The second kappa shape index (κ2) is 7.85. The maximum Gasteiger partial charge on any atom is 0.191 e. The van der Waals surface area contributed by atoms with Gasteiger partial charge in [0, 0.05) is 35.9 Å². The fourth-order valence-corrected chi connectivity index (χ4v) is 4.87. The summed E-state index contributed by atoms with van der Waals surface area (Å²) in [6, 6.07) is 7.51. The molecule has 1 aliphatic heterocycles. The smallest absolute Gasteiger partial charge is 0.191 e. The Morgan fingerprint density at radius 1 is 1.30 bits per heavy atom. The summed E-state index contributed by atoms with van der Waals surface area (Å²) in [7, 11) is 0. The largest absolute Gasteiger partial charge is 0.377 e. The molecule has 150 valence electrons. The van der Waals surface area contributed by atoms with Crippen molar-refractivity contribution in [2.75, 3.05) is 19.7 Å². The van der Waals surface area contributed by atoms with Gasteiger partial charge in [0.15, 0.2) is 5.96 Å². The Morgan fingerprint density at radius 3 is 2.70 bits per heavy atom. The van der Waals surface area contributed by atoms with Gasteiger partial charge in [0.2, 0.25) is 0 Å². The van der Waals surface area contributed by atoms with Gasteiger partial charge < -0.3 is 15.4 Å². The highest BCUT2D eigenvalue weighted by atomic mass is 127. The minimum absolute atomic E-state index is 0. The summed E-state index contributed by atoms with van der Waals surface area (Å²) >= 11 is 0. The molecule has 4 rings (SSSR count). The molecule has 0 amide bonds. The minimum atomic E-state index is -0.123. The normalized spacial score (nSPS) is 29.9. The first kappa shape index (κ1) is 20.8. The molecule has 0 bridgehead atoms. The molecule has 1 aromatic rings. The van der Waals surface area contributed by atoms with Gasteiger partial charge in [-0.15, -0.1) is 24.0 Å². The first-order valence-corrected chi connectivity index (χ1v) is 9.89. The number of aliphatic imine (C=N–C) groups is 1. The van der Waals surface area contributed by atoms with E-state index in [9.17, 15) is 4.39 Å². The highest BCUT2D eigenvalue weighted by Gasteiger charge is 2.59. The van der Waals surface area contributed by atoms with E-state index in [2.05, 4.69) is 31.4 Å². The van der Waals surface area contributed by atoms with E-state index in [1.54, 1.807) is 12.1 Å². The van der Waals surface area contributed by atoms with E-state index in [4.69, 9.17) is 9.73 Å². The van der Waals surface area contributed by atoms with Crippen molar-refractivity contribution in [2.24, 2.45) is 16.3 Å². The van der Waals surface area contributed by atoms with Gasteiger partial charge >= 0.3 is 0 Å². The van der Waals surface area contributed by atoms with E-state index >= 15 is 0 Å². The van der Waals surface area contributed by atoms with Crippen LogP contribution in [0.3, 0.4) is 0 Å². The summed E-state index contributed by atoms with van der Waals surface area (Å²) < 4.78 is 20.1. The van der Waals surface area contributed by atoms with Gasteiger partial charge in [-0.05, 0) is 37.8 Å². The summed E-state index contributed by atoms with van der Waals surface area (Å²) in [6.07, 6.45) is 3.48. The lowest BCUT2D eigenvalue weighted by Crippen LogP contribution is -2.68. The van der Waals surface area contributed by atoms with Crippen molar-refractivity contribution in [3.8, 4) is 0 Å². The van der Waals surface area contributed by atoms with Gasteiger partial charge in [0.05, 0.1) is 12.6 Å². The molecule has 0 radical (unpaired) electrons. The van der Waals surface area contributed by atoms with Crippen LogP contribution in [0.5, 0.6) is 0 Å². The molecule has 1 heterocycles. The Morgan fingerprint density at radius 2 is 2.04 bits per heavy atom. The predicted molar refractivity (Wildman–Crippen MR) is 117 cm³/mol. The number of ether oxygens (including phenoxy) is 1. The Kier molecular flexibility index (Phi) is 6.06. The molecule has 4 nitrogen and oxygen atoms in total. The third kappa shape index (κ3) is 3.71. The number of hydrogen-bond acceptors (Lipinski definition) is 2. The zero-order valence-electron chi connectivity index (χ0n) is 16.4. The molecule has 2 aliphatic carbocycles. The summed E-state index contributed by atoms with van der Waals surface area (Å²) in [5, 5.41) is 7.02. The maximum atomic E-state index is 14.2. The SMILES string of the molecule is CCNC(=NCC1(c2ccccc2F)CC1)NC1C2CCOC2C1(C)C.I. The van der Waals surface area contributed by atoms with Crippen molar-refractivity contribution >= 4 is 29.9 Å². The molecule has 0 spiro atoms. The van der Waals surface area contributed by atoms with Crippen molar-refractivity contribution in [2.45, 2.75) is 57.6 Å². The second-order valence-electron chi connectivity index (χ2n) is 8.64. The van der Waals surface area contributed by atoms with Gasteiger partial charge in [0.1, 0.15) is 5.82 Å². The Balaban J connectivity index is 0.00000210. The van der Waals surface area contributed by atoms with Crippen LogP contribution >= 0.6 is 24.0 Å². The van der Waals surface area contributed by atoms with Crippen molar-refractivity contribution in [3.63, 3.8) is 0 Å². The number of benzene rings is 1. The summed E-state index contributed by atoms with van der Waals surface area (Å²) in [5.41, 5.74) is 0.801. The van der Waals surface area contributed by atoms with Gasteiger partial charge in [-0.2, -0.15) is 0 Å². The molecular weight excluding hydrogens is 456 g/mol. The number of fused-ring (bicyclic) bond motifs is 1. The highest BCUT2D eigenvalue weighted by molar-refractivity contribution is 14.0. The lowest BCUT2D eigenvalue weighted by Gasteiger charge is -2.54. The molecule has 3 aliphatic rings. The van der Waals surface area contributed by atoms with Crippen molar-refractivity contribution in [1.82, 2.24) is 10.6 Å². The van der Waals surface area contributed by atoms with Crippen LogP contribution in [0.1, 0.15) is 45.6 Å². The number of nitrogens with zero attached hydrogens (tertiary/aromatic N) is 1. The molecule has 1 saturated heterocycles. The van der Waals surface area contributed by atoms with E-state index in [1.807, 2.05) is 12.1 Å². The molecule has 2 saturated carbocycles. The average molecular weight is 487 g/mol. The van der Waals surface area contributed by atoms with Crippen LogP contribution < -0.4 is 10.6 Å². The Bertz CT molecular complexity index is 704. The number of halogens is 2. The quantitative estimate of drug-likeness (QED) is 0.377. The standard InChI is InChI=1S/C21H30FN3O.HI/c1-4-23-19(25-17-14-9-12-26-18(14)20(17,2)3)24-13-21(10-11-21)15-7-5-6-8-16(15)22;/h5-8,14,17-18H,4,9-13H2,1-3H3,(H2,23,24,25);1H. The van der Waals surface area contributed by atoms with Crippen LogP contribution in [0.15, 0.2) is 29.3 Å².